The van der Waals surface area contributed by atoms with Gasteiger partial charge in [-0.3, -0.25) is 19.9 Å². The normalized spacial score (nSPS) is 40.5. The van der Waals surface area contributed by atoms with Gasteiger partial charge in [0.15, 0.2) is 0 Å². The van der Waals surface area contributed by atoms with Gasteiger partial charge in [-0.05, 0) is 63.2 Å². The van der Waals surface area contributed by atoms with Crippen LogP contribution in [0.2, 0.25) is 0 Å². The summed E-state index contributed by atoms with van der Waals surface area (Å²) in [6, 6.07) is 3.11. The van der Waals surface area contributed by atoms with Crippen LogP contribution >= 0.6 is 11.6 Å². The molecule has 2 aliphatic carbocycles. The Balaban J connectivity index is 1.40. The molecule has 168 valence electrons. The Morgan fingerprint density at radius 3 is 2.60 bits per heavy atom. The molecule has 4 fully saturated rings. The summed E-state index contributed by atoms with van der Waals surface area (Å²) in [5, 5.41) is 13.4. The molecule has 2 aliphatic heterocycles. The maximum Gasteiger partial charge on any atom is 0.323 e. The number of carbonyl (C=O) groups is 1. The minimum atomic E-state index is -0.169. The number of carbonyl (C=O) groups excluding carboxylic acids is 1. The predicted molar refractivity (Wildman–Crippen MR) is 117 cm³/mol. The van der Waals surface area contributed by atoms with Crippen LogP contribution in [0.4, 0.5) is 0 Å². The monoisotopic (exact) mass is 436 g/mol. The van der Waals surface area contributed by atoms with E-state index in [-0.39, 0.29) is 17.9 Å². The van der Waals surface area contributed by atoms with Crippen molar-refractivity contribution in [2.24, 2.45) is 17.8 Å². The number of hydrogen-bond acceptors (Lipinski definition) is 6. The standard InChI is InChI=1S/C23H37ClN4O2/c1-30-23(29)21-10-20-22(14-27(21)13-18-4-2-3-17(9-18)11-25)28(15-26-20)12-16-5-7-19(24)8-6-16/h16-22,26H,2-10,12-15H2,1H3/t16?,17?,18?,19?,20?,21-,22?/m1/s1. The molecular weight excluding hydrogens is 400 g/mol. The molecule has 4 rings (SSSR count). The van der Waals surface area contributed by atoms with Crippen molar-refractivity contribution in [3.63, 3.8) is 0 Å². The lowest BCUT2D eigenvalue weighted by Crippen LogP contribution is -2.59. The maximum atomic E-state index is 12.6. The molecule has 1 N–H and O–H groups in total. The molecule has 2 heterocycles. The van der Waals surface area contributed by atoms with E-state index in [2.05, 4.69) is 21.2 Å². The van der Waals surface area contributed by atoms with E-state index in [0.29, 0.717) is 23.4 Å². The number of piperidine rings is 1. The quantitative estimate of drug-likeness (QED) is 0.527. The van der Waals surface area contributed by atoms with Crippen LogP contribution in [0.15, 0.2) is 0 Å². The van der Waals surface area contributed by atoms with Crippen molar-refractivity contribution in [2.45, 2.75) is 81.3 Å². The van der Waals surface area contributed by atoms with Gasteiger partial charge in [0.2, 0.25) is 0 Å². The van der Waals surface area contributed by atoms with Crippen LogP contribution in [0, 0.1) is 29.1 Å². The van der Waals surface area contributed by atoms with E-state index in [1.54, 1.807) is 0 Å². The van der Waals surface area contributed by atoms with Crippen LogP contribution in [0.5, 0.6) is 0 Å². The largest absolute Gasteiger partial charge is 0.468 e. The molecule has 30 heavy (non-hydrogen) atoms. The van der Waals surface area contributed by atoms with E-state index < -0.39 is 0 Å². The van der Waals surface area contributed by atoms with Crippen molar-refractivity contribution in [2.75, 3.05) is 33.4 Å². The van der Waals surface area contributed by atoms with Crippen LogP contribution in [-0.4, -0.2) is 72.7 Å². The molecule has 0 radical (unpaired) electrons. The molecule has 6 nitrogen and oxygen atoms in total. The molecule has 7 heteroatoms. The third-order valence-corrected chi connectivity index (χ3v) is 8.47. The second-order valence-corrected chi connectivity index (χ2v) is 10.6. The van der Waals surface area contributed by atoms with E-state index >= 15 is 0 Å². The number of halogens is 1. The first kappa shape index (κ1) is 22.3. The van der Waals surface area contributed by atoms with Crippen LogP contribution in [0.3, 0.4) is 0 Å². The first-order valence-electron chi connectivity index (χ1n) is 11.9. The van der Waals surface area contributed by atoms with Crippen molar-refractivity contribution in [1.29, 1.82) is 5.26 Å². The number of likely N-dealkylation sites (tertiary alicyclic amines) is 1. The van der Waals surface area contributed by atoms with Gasteiger partial charge in [0.25, 0.3) is 0 Å². The van der Waals surface area contributed by atoms with E-state index in [9.17, 15) is 10.1 Å². The van der Waals surface area contributed by atoms with Crippen LogP contribution < -0.4 is 5.32 Å². The van der Waals surface area contributed by atoms with E-state index in [0.717, 1.165) is 70.7 Å². The molecule has 5 atom stereocenters. The zero-order valence-corrected chi connectivity index (χ0v) is 19.0. The Bertz CT molecular complexity index is 633. The summed E-state index contributed by atoms with van der Waals surface area (Å²) in [6.07, 6.45) is 9.85. The number of hydrogen-bond donors (Lipinski definition) is 1. The van der Waals surface area contributed by atoms with Gasteiger partial charge in [-0.25, -0.2) is 0 Å². The van der Waals surface area contributed by atoms with Crippen molar-refractivity contribution < 1.29 is 9.53 Å². The molecule has 0 bridgehead atoms. The Morgan fingerprint density at radius 2 is 1.87 bits per heavy atom. The summed E-state index contributed by atoms with van der Waals surface area (Å²) in [7, 11) is 1.50. The number of ether oxygens (including phenoxy) is 1. The Hall–Kier alpha value is -0.870. The Labute approximate surface area is 186 Å². The van der Waals surface area contributed by atoms with Gasteiger partial charge in [0.1, 0.15) is 6.04 Å². The Morgan fingerprint density at radius 1 is 1.10 bits per heavy atom. The predicted octanol–water partition coefficient (Wildman–Crippen LogP) is 2.96. The number of methoxy groups -OCH3 is 1. The van der Waals surface area contributed by atoms with Crippen molar-refractivity contribution in [1.82, 2.24) is 15.1 Å². The van der Waals surface area contributed by atoms with Gasteiger partial charge in [-0.1, -0.05) is 6.42 Å². The summed E-state index contributed by atoms with van der Waals surface area (Å²) in [5.41, 5.74) is 0. The van der Waals surface area contributed by atoms with Gasteiger partial charge in [0.05, 0.1) is 13.2 Å². The average molecular weight is 437 g/mol. The molecule has 2 saturated heterocycles. The lowest BCUT2D eigenvalue weighted by atomic mass is 9.81. The van der Waals surface area contributed by atoms with Crippen LogP contribution in [0.25, 0.3) is 0 Å². The molecule has 4 aliphatic rings. The summed E-state index contributed by atoms with van der Waals surface area (Å²) < 4.78 is 5.17. The highest BCUT2D eigenvalue weighted by Crippen LogP contribution is 2.34. The van der Waals surface area contributed by atoms with Gasteiger partial charge >= 0.3 is 5.97 Å². The summed E-state index contributed by atoms with van der Waals surface area (Å²) in [4.78, 5) is 17.6. The first-order valence-corrected chi connectivity index (χ1v) is 12.3. The highest BCUT2D eigenvalue weighted by molar-refractivity contribution is 6.20. The highest BCUT2D eigenvalue weighted by atomic mass is 35.5. The second-order valence-electron chi connectivity index (χ2n) is 10.0. The lowest BCUT2D eigenvalue weighted by molar-refractivity contribution is -0.149. The molecule has 2 saturated carbocycles. The number of esters is 1. The number of nitrogens with one attached hydrogen (secondary N) is 1. The van der Waals surface area contributed by atoms with Crippen molar-refractivity contribution in [3.8, 4) is 6.07 Å². The minimum absolute atomic E-state index is 0.109. The summed E-state index contributed by atoms with van der Waals surface area (Å²) in [5.74, 6) is 1.32. The molecule has 0 amide bonds. The third kappa shape index (κ3) is 5.12. The fourth-order valence-corrected chi connectivity index (χ4v) is 6.56. The van der Waals surface area contributed by atoms with Gasteiger partial charge in [-0.2, -0.15) is 5.26 Å². The average Bonchev–Trinajstić information content (AvgIpc) is 3.16. The molecule has 0 aromatic heterocycles. The van der Waals surface area contributed by atoms with E-state index in [1.807, 2.05) is 0 Å². The fraction of sp³-hybridized carbons (Fsp3) is 0.913. The zero-order valence-electron chi connectivity index (χ0n) is 18.3. The number of nitrogens with zero attached hydrogens (tertiary/aromatic N) is 3. The number of fused-ring (bicyclic) bond motifs is 1. The lowest BCUT2D eigenvalue weighted by Gasteiger charge is -2.44. The zero-order chi connectivity index (χ0) is 21.1. The van der Waals surface area contributed by atoms with Gasteiger partial charge in [0, 0.05) is 49.7 Å². The van der Waals surface area contributed by atoms with Crippen molar-refractivity contribution in [3.05, 3.63) is 0 Å². The smallest absolute Gasteiger partial charge is 0.323 e. The topological polar surface area (TPSA) is 68.6 Å². The fourth-order valence-electron chi connectivity index (χ4n) is 6.31. The molecular formula is C23H37ClN4O2. The van der Waals surface area contributed by atoms with Gasteiger partial charge in [-0.15, -0.1) is 11.6 Å². The van der Waals surface area contributed by atoms with E-state index in [4.69, 9.17) is 16.3 Å². The summed E-state index contributed by atoms with van der Waals surface area (Å²) in [6.45, 7) is 3.87. The van der Waals surface area contributed by atoms with E-state index in [1.165, 1.54) is 26.4 Å². The SMILES string of the molecule is COC(=O)[C@H]1CC2NCN(CC3CCC(Cl)CC3)C2CN1CC1CCCC(C#N)C1. The highest BCUT2D eigenvalue weighted by Gasteiger charge is 2.45. The third-order valence-electron chi connectivity index (χ3n) is 8.03. The Kier molecular flexibility index (Phi) is 7.57. The van der Waals surface area contributed by atoms with Gasteiger partial charge < -0.3 is 4.74 Å². The van der Waals surface area contributed by atoms with Crippen LogP contribution in [-0.2, 0) is 9.53 Å². The minimum Gasteiger partial charge on any atom is -0.468 e. The first-order chi connectivity index (χ1) is 14.6. The van der Waals surface area contributed by atoms with Crippen molar-refractivity contribution >= 4 is 17.6 Å². The number of nitriles is 1. The molecule has 0 aromatic carbocycles. The number of alkyl halides is 1. The molecule has 0 spiro atoms. The maximum absolute atomic E-state index is 12.6. The summed E-state index contributed by atoms with van der Waals surface area (Å²) >= 11 is 6.30. The van der Waals surface area contributed by atoms with Crippen LogP contribution in [0.1, 0.15) is 57.8 Å². The number of rotatable bonds is 5. The molecule has 0 aromatic rings. The second kappa shape index (κ2) is 10.2. The molecule has 4 unspecified atom stereocenters.